The fourth-order valence-electron chi connectivity index (χ4n) is 2.66. The molecule has 0 spiro atoms. The molecule has 7 heteroatoms. The first-order valence-electron chi connectivity index (χ1n) is 9.19. The summed E-state index contributed by atoms with van der Waals surface area (Å²) in [5.41, 5.74) is 2.73. The molecule has 152 valence electrons. The second-order valence-corrected chi connectivity index (χ2v) is 8.89. The van der Waals surface area contributed by atoms with E-state index in [1.807, 2.05) is 45.0 Å². The van der Waals surface area contributed by atoms with E-state index >= 15 is 0 Å². The first-order valence-corrected chi connectivity index (χ1v) is 11.0. The second-order valence-electron chi connectivity index (χ2n) is 6.88. The summed E-state index contributed by atoms with van der Waals surface area (Å²) in [5.74, 6) is 0.323. The SMILES string of the molecule is CC[C@H](Oc1ccc(N(C)S(C)(=O)=O)cc1)C(=O)N[C@@H](C)c1ccc(C)cc1. The molecule has 0 aromatic heterocycles. The number of amides is 1. The Hall–Kier alpha value is -2.54. The third-order valence-electron chi connectivity index (χ3n) is 4.58. The normalized spacial score (nSPS) is 13.5. The van der Waals surface area contributed by atoms with Gasteiger partial charge in [0.05, 0.1) is 18.0 Å². The zero-order valence-corrected chi connectivity index (χ0v) is 17.8. The van der Waals surface area contributed by atoms with E-state index in [1.54, 1.807) is 24.3 Å². The standard InChI is InChI=1S/C21H28N2O4S/c1-6-20(21(24)22-16(3)17-9-7-15(2)8-10-17)27-19-13-11-18(12-14-19)23(4)28(5,25)26/h7-14,16,20H,6H2,1-5H3,(H,22,24)/t16-,20-/m0/s1. The van der Waals surface area contributed by atoms with Gasteiger partial charge in [0.15, 0.2) is 6.10 Å². The molecule has 0 unspecified atom stereocenters. The number of hydrogen-bond donors (Lipinski definition) is 1. The molecule has 2 rings (SSSR count). The second kappa shape index (κ2) is 9.10. The van der Waals surface area contributed by atoms with Crippen LogP contribution in [0.25, 0.3) is 0 Å². The van der Waals surface area contributed by atoms with Gasteiger partial charge in [0.25, 0.3) is 5.91 Å². The van der Waals surface area contributed by atoms with Gasteiger partial charge in [0.1, 0.15) is 5.75 Å². The Morgan fingerprint density at radius 3 is 2.18 bits per heavy atom. The van der Waals surface area contributed by atoms with E-state index in [-0.39, 0.29) is 11.9 Å². The van der Waals surface area contributed by atoms with Crippen molar-refractivity contribution in [3.05, 3.63) is 59.7 Å². The zero-order chi connectivity index (χ0) is 20.9. The minimum atomic E-state index is -3.32. The van der Waals surface area contributed by atoms with Gasteiger partial charge in [-0.2, -0.15) is 0 Å². The highest BCUT2D eigenvalue weighted by atomic mass is 32.2. The molecule has 6 nitrogen and oxygen atoms in total. The quantitative estimate of drug-likeness (QED) is 0.731. The summed E-state index contributed by atoms with van der Waals surface area (Å²) in [7, 11) is -1.84. The molecule has 0 aliphatic carbocycles. The van der Waals surface area contributed by atoms with Gasteiger partial charge in [-0.25, -0.2) is 8.42 Å². The summed E-state index contributed by atoms with van der Waals surface area (Å²) < 4.78 is 30.2. The Labute approximate surface area is 167 Å². The van der Waals surface area contributed by atoms with Crippen molar-refractivity contribution in [2.75, 3.05) is 17.6 Å². The molecule has 2 atom stereocenters. The van der Waals surface area contributed by atoms with E-state index < -0.39 is 16.1 Å². The molecule has 1 N–H and O–H groups in total. The lowest BCUT2D eigenvalue weighted by Gasteiger charge is -2.21. The molecule has 0 saturated carbocycles. The van der Waals surface area contributed by atoms with Crippen LogP contribution in [0.1, 0.15) is 37.4 Å². The van der Waals surface area contributed by atoms with Crippen molar-refractivity contribution in [3.63, 3.8) is 0 Å². The lowest BCUT2D eigenvalue weighted by atomic mass is 10.1. The van der Waals surface area contributed by atoms with Gasteiger partial charge in [-0.15, -0.1) is 0 Å². The number of rotatable bonds is 8. The number of sulfonamides is 1. The highest BCUT2D eigenvalue weighted by Crippen LogP contribution is 2.22. The third kappa shape index (κ3) is 5.73. The minimum Gasteiger partial charge on any atom is -0.481 e. The number of carbonyl (C=O) groups is 1. The van der Waals surface area contributed by atoms with E-state index in [9.17, 15) is 13.2 Å². The van der Waals surface area contributed by atoms with E-state index in [0.717, 1.165) is 11.8 Å². The summed E-state index contributed by atoms with van der Waals surface area (Å²) in [4.78, 5) is 12.6. The van der Waals surface area contributed by atoms with Crippen molar-refractivity contribution >= 4 is 21.6 Å². The monoisotopic (exact) mass is 404 g/mol. The van der Waals surface area contributed by atoms with Crippen LogP contribution in [-0.4, -0.2) is 33.7 Å². The van der Waals surface area contributed by atoms with Gasteiger partial charge in [0, 0.05) is 7.05 Å². The van der Waals surface area contributed by atoms with Crippen LogP contribution in [0.3, 0.4) is 0 Å². The van der Waals surface area contributed by atoms with Crippen molar-refractivity contribution in [1.29, 1.82) is 0 Å². The maximum atomic E-state index is 12.6. The lowest BCUT2D eigenvalue weighted by molar-refractivity contribution is -0.128. The largest absolute Gasteiger partial charge is 0.481 e. The van der Waals surface area contributed by atoms with Crippen molar-refractivity contribution in [3.8, 4) is 5.75 Å². The Morgan fingerprint density at radius 2 is 1.68 bits per heavy atom. The van der Waals surface area contributed by atoms with Crippen LogP contribution in [0, 0.1) is 6.92 Å². The Kier molecular flexibility index (Phi) is 7.07. The predicted octanol–water partition coefficient (Wildman–Crippen LogP) is 3.43. The van der Waals surface area contributed by atoms with Crippen molar-refractivity contribution in [2.45, 2.75) is 39.3 Å². The number of aryl methyl sites for hydroxylation is 1. The van der Waals surface area contributed by atoms with Crippen LogP contribution in [0.15, 0.2) is 48.5 Å². The number of hydrogen-bond acceptors (Lipinski definition) is 4. The van der Waals surface area contributed by atoms with Crippen LogP contribution < -0.4 is 14.4 Å². The van der Waals surface area contributed by atoms with E-state index in [4.69, 9.17) is 4.74 Å². The molecule has 0 heterocycles. The van der Waals surface area contributed by atoms with Gasteiger partial charge < -0.3 is 10.1 Å². The van der Waals surface area contributed by atoms with E-state index in [2.05, 4.69) is 5.32 Å². The molecule has 0 radical (unpaired) electrons. The molecule has 0 aliphatic rings. The third-order valence-corrected chi connectivity index (χ3v) is 5.78. The highest BCUT2D eigenvalue weighted by Gasteiger charge is 2.21. The Morgan fingerprint density at radius 1 is 1.11 bits per heavy atom. The average Bonchev–Trinajstić information content (AvgIpc) is 2.65. The minimum absolute atomic E-state index is 0.128. The summed E-state index contributed by atoms with van der Waals surface area (Å²) in [6.45, 7) is 5.84. The maximum Gasteiger partial charge on any atom is 0.261 e. The summed E-state index contributed by atoms with van der Waals surface area (Å²) in [5, 5.41) is 2.98. The molecule has 0 bridgehead atoms. The fourth-order valence-corrected chi connectivity index (χ4v) is 3.16. The van der Waals surface area contributed by atoms with Crippen LogP contribution in [0.2, 0.25) is 0 Å². The Balaban J connectivity index is 2.02. The van der Waals surface area contributed by atoms with Gasteiger partial charge in [-0.1, -0.05) is 36.8 Å². The lowest BCUT2D eigenvalue weighted by Crippen LogP contribution is -2.39. The topological polar surface area (TPSA) is 75.7 Å². The number of benzene rings is 2. The molecule has 1 amide bonds. The number of nitrogens with one attached hydrogen (secondary N) is 1. The zero-order valence-electron chi connectivity index (χ0n) is 17.0. The molecule has 2 aromatic rings. The first-order chi connectivity index (χ1) is 13.1. The van der Waals surface area contributed by atoms with Gasteiger partial charge in [-0.05, 0) is 50.1 Å². The number of nitrogens with zero attached hydrogens (tertiary/aromatic N) is 1. The molecular formula is C21H28N2O4S. The molecule has 0 saturated heterocycles. The van der Waals surface area contributed by atoms with Gasteiger partial charge in [0.2, 0.25) is 10.0 Å². The summed E-state index contributed by atoms with van der Waals surface area (Å²) >= 11 is 0. The molecule has 0 fully saturated rings. The van der Waals surface area contributed by atoms with Crippen LogP contribution >= 0.6 is 0 Å². The Bertz CT molecular complexity index is 893. The van der Waals surface area contributed by atoms with Gasteiger partial charge >= 0.3 is 0 Å². The number of anilines is 1. The summed E-state index contributed by atoms with van der Waals surface area (Å²) in [6.07, 6.45) is 1.02. The van der Waals surface area contributed by atoms with Crippen LogP contribution in [0.5, 0.6) is 5.75 Å². The number of ether oxygens (including phenoxy) is 1. The van der Waals surface area contributed by atoms with Crippen molar-refractivity contribution in [2.24, 2.45) is 0 Å². The predicted molar refractivity (Wildman–Crippen MR) is 112 cm³/mol. The maximum absolute atomic E-state index is 12.6. The molecule has 2 aromatic carbocycles. The molecule has 0 aliphatic heterocycles. The van der Waals surface area contributed by atoms with Crippen molar-refractivity contribution in [1.82, 2.24) is 5.32 Å². The number of carbonyl (C=O) groups excluding carboxylic acids is 1. The van der Waals surface area contributed by atoms with Crippen molar-refractivity contribution < 1.29 is 17.9 Å². The average molecular weight is 405 g/mol. The highest BCUT2D eigenvalue weighted by molar-refractivity contribution is 7.92. The van der Waals surface area contributed by atoms with E-state index in [1.165, 1.54) is 16.9 Å². The van der Waals surface area contributed by atoms with Gasteiger partial charge in [-0.3, -0.25) is 9.10 Å². The first kappa shape index (κ1) is 21.8. The summed E-state index contributed by atoms with van der Waals surface area (Å²) in [6, 6.07) is 14.5. The van der Waals surface area contributed by atoms with Crippen LogP contribution in [0.4, 0.5) is 5.69 Å². The molecule has 28 heavy (non-hydrogen) atoms. The smallest absolute Gasteiger partial charge is 0.261 e. The van der Waals surface area contributed by atoms with Crippen LogP contribution in [-0.2, 0) is 14.8 Å². The van der Waals surface area contributed by atoms with E-state index in [0.29, 0.717) is 17.9 Å². The fraction of sp³-hybridized carbons (Fsp3) is 0.381. The molecular weight excluding hydrogens is 376 g/mol.